The number of anilines is 1. The lowest BCUT2D eigenvalue weighted by molar-refractivity contribution is 0.102. The second kappa shape index (κ2) is 8.21. The van der Waals surface area contributed by atoms with Gasteiger partial charge >= 0.3 is 0 Å². The Morgan fingerprint density at radius 3 is 2.57 bits per heavy atom. The predicted octanol–water partition coefficient (Wildman–Crippen LogP) is 5.25. The number of nitrogens with one attached hydrogen (secondary N) is 1. The molecule has 150 valence electrons. The zero-order chi connectivity index (χ0) is 21.1. The van der Waals surface area contributed by atoms with Crippen LogP contribution in [0.3, 0.4) is 0 Å². The molecule has 0 aliphatic rings. The summed E-state index contributed by atoms with van der Waals surface area (Å²) in [6.45, 7) is 2.48. The van der Waals surface area contributed by atoms with Crippen molar-refractivity contribution in [2.45, 2.75) is 6.92 Å². The largest absolute Gasteiger partial charge is 0.494 e. The summed E-state index contributed by atoms with van der Waals surface area (Å²) in [6, 6.07) is 18.9. The molecule has 0 saturated heterocycles. The molecule has 4 aromatic rings. The summed E-state index contributed by atoms with van der Waals surface area (Å²) in [6.07, 6.45) is 0. The zero-order valence-electron chi connectivity index (χ0n) is 16.1. The maximum absolute atomic E-state index is 13.3. The Morgan fingerprint density at radius 2 is 1.83 bits per heavy atom. The van der Waals surface area contributed by atoms with E-state index in [1.807, 2.05) is 31.2 Å². The van der Waals surface area contributed by atoms with Gasteiger partial charge in [-0.2, -0.15) is 0 Å². The Kier molecular flexibility index (Phi) is 5.30. The third-order valence-electron chi connectivity index (χ3n) is 4.52. The maximum atomic E-state index is 13.3. The Morgan fingerprint density at radius 1 is 1.03 bits per heavy atom. The molecule has 1 heterocycles. The first-order chi connectivity index (χ1) is 14.5. The van der Waals surface area contributed by atoms with Crippen LogP contribution in [0.25, 0.3) is 22.3 Å². The van der Waals surface area contributed by atoms with Crippen LogP contribution in [0.15, 0.2) is 82.0 Å². The smallest absolute Gasteiger partial charge is 0.255 e. The predicted molar refractivity (Wildman–Crippen MR) is 113 cm³/mol. The number of fused-ring (bicyclic) bond motifs is 1. The van der Waals surface area contributed by atoms with Crippen LogP contribution in [0.1, 0.15) is 17.3 Å². The number of hydrogen-bond acceptors (Lipinski definition) is 4. The van der Waals surface area contributed by atoms with E-state index >= 15 is 0 Å². The Labute approximate surface area is 171 Å². The van der Waals surface area contributed by atoms with E-state index in [1.165, 1.54) is 24.3 Å². The Bertz CT molecular complexity index is 1280. The normalized spacial score (nSPS) is 10.7. The van der Waals surface area contributed by atoms with Crippen LogP contribution in [-0.4, -0.2) is 12.5 Å². The third kappa shape index (κ3) is 4.07. The molecule has 5 nitrogen and oxygen atoms in total. The van der Waals surface area contributed by atoms with E-state index in [-0.39, 0.29) is 11.0 Å². The lowest BCUT2D eigenvalue weighted by atomic mass is 10.1. The van der Waals surface area contributed by atoms with Gasteiger partial charge in [0.2, 0.25) is 0 Å². The molecule has 0 radical (unpaired) electrons. The highest BCUT2D eigenvalue weighted by Gasteiger charge is 2.11. The van der Waals surface area contributed by atoms with Crippen LogP contribution in [0.5, 0.6) is 5.75 Å². The van der Waals surface area contributed by atoms with Crippen LogP contribution in [0.4, 0.5) is 10.1 Å². The molecule has 0 aliphatic carbocycles. The molecule has 0 aliphatic heterocycles. The minimum Gasteiger partial charge on any atom is -0.494 e. The van der Waals surface area contributed by atoms with Crippen molar-refractivity contribution in [1.29, 1.82) is 0 Å². The fraction of sp³-hybridized carbons (Fsp3) is 0.0833. The van der Waals surface area contributed by atoms with Gasteiger partial charge in [0.1, 0.15) is 22.9 Å². The number of benzene rings is 3. The molecule has 6 heteroatoms. The molecule has 1 N–H and O–H groups in total. The van der Waals surface area contributed by atoms with E-state index < -0.39 is 11.7 Å². The highest BCUT2D eigenvalue weighted by Crippen LogP contribution is 2.26. The Balaban J connectivity index is 1.62. The van der Waals surface area contributed by atoms with Crippen LogP contribution in [0.2, 0.25) is 0 Å². The monoisotopic (exact) mass is 403 g/mol. The summed E-state index contributed by atoms with van der Waals surface area (Å²) in [7, 11) is 0. The lowest BCUT2D eigenvalue weighted by Crippen LogP contribution is -2.12. The average molecular weight is 403 g/mol. The standard InChI is InChI=1S/C24H18FNO4/c1-2-29-19-9-6-15(7-10-19)23-14-21(27)20-13-18(8-11-22(20)30-23)26-24(28)16-4-3-5-17(25)12-16/h3-14H,2H2,1H3,(H,26,28). The minimum absolute atomic E-state index is 0.188. The quantitative estimate of drug-likeness (QED) is 0.494. The van der Waals surface area contributed by atoms with Crippen molar-refractivity contribution < 1.29 is 18.3 Å². The van der Waals surface area contributed by atoms with Gasteiger partial charge in [-0.05, 0) is 67.6 Å². The number of rotatable bonds is 5. The van der Waals surface area contributed by atoms with Crippen molar-refractivity contribution in [3.8, 4) is 17.1 Å². The summed E-state index contributed by atoms with van der Waals surface area (Å²) < 4.78 is 24.6. The topological polar surface area (TPSA) is 68.5 Å². The number of carbonyl (C=O) groups excluding carboxylic acids is 1. The van der Waals surface area contributed by atoms with E-state index in [0.717, 1.165) is 17.4 Å². The summed E-state index contributed by atoms with van der Waals surface area (Å²) >= 11 is 0. The first kappa shape index (κ1) is 19.4. The number of hydrogen-bond donors (Lipinski definition) is 1. The highest BCUT2D eigenvalue weighted by molar-refractivity contribution is 6.05. The van der Waals surface area contributed by atoms with Crippen molar-refractivity contribution >= 4 is 22.6 Å². The van der Waals surface area contributed by atoms with E-state index in [4.69, 9.17) is 9.15 Å². The summed E-state index contributed by atoms with van der Waals surface area (Å²) in [5.41, 5.74) is 1.52. The van der Waals surface area contributed by atoms with Crippen LogP contribution in [0, 0.1) is 5.82 Å². The first-order valence-corrected chi connectivity index (χ1v) is 9.41. The van der Waals surface area contributed by atoms with E-state index in [0.29, 0.717) is 29.0 Å². The van der Waals surface area contributed by atoms with Gasteiger partial charge < -0.3 is 14.5 Å². The fourth-order valence-corrected chi connectivity index (χ4v) is 3.09. The van der Waals surface area contributed by atoms with Gasteiger partial charge in [0.15, 0.2) is 5.43 Å². The summed E-state index contributed by atoms with van der Waals surface area (Å²) in [4.78, 5) is 25.0. The van der Waals surface area contributed by atoms with Gasteiger partial charge in [-0.25, -0.2) is 4.39 Å². The molecule has 30 heavy (non-hydrogen) atoms. The lowest BCUT2D eigenvalue weighted by Gasteiger charge is -2.08. The maximum Gasteiger partial charge on any atom is 0.255 e. The van der Waals surface area contributed by atoms with Gasteiger partial charge in [-0.15, -0.1) is 0 Å². The third-order valence-corrected chi connectivity index (χ3v) is 4.52. The molecule has 0 saturated carbocycles. The summed E-state index contributed by atoms with van der Waals surface area (Å²) in [5.74, 6) is 0.211. The summed E-state index contributed by atoms with van der Waals surface area (Å²) in [5, 5.41) is 3.00. The van der Waals surface area contributed by atoms with Crippen molar-refractivity contribution in [2.75, 3.05) is 11.9 Å². The van der Waals surface area contributed by atoms with Crippen LogP contribution in [-0.2, 0) is 0 Å². The van der Waals surface area contributed by atoms with E-state index in [1.54, 1.807) is 18.2 Å². The molecule has 4 rings (SSSR count). The molecule has 0 bridgehead atoms. The molecular formula is C24H18FNO4. The minimum atomic E-state index is -0.497. The van der Waals surface area contributed by atoms with Crippen LogP contribution >= 0.6 is 0 Å². The average Bonchev–Trinajstić information content (AvgIpc) is 2.75. The van der Waals surface area contributed by atoms with E-state index in [9.17, 15) is 14.0 Å². The van der Waals surface area contributed by atoms with Crippen molar-refractivity contribution in [1.82, 2.24) is 0 Å². The first-order valence-electron chi connectivity index (χ1n) is 9.41. The number of ether oxygens (including phenoxy) is 1. The van der Waals surface area contributed by atoms with Crippen molar-refractivity contribution in [3.63, 3.8) is 0 Å². The second-order valence-electron chi connectivity index (χ2n) is 6.61. The van der Waals surface area contributed by atoms with Gasteiger partial charge in [-0.1, -0.05) is 6.07 Å². The molecule has 1 amide bonds. The fourth-order valence-electron chi connectivity index (χ4n) is 3.09. The van der Waals surface area contributed by atoms with Crippen molar-refractivity contribution in [2.24, 2.45) is 0 Å². The number of carbonyl (C=O) groups is 1. The molecule has 0 atom stereocenters. The van der Waals surface area contributed by atoms with Gasteiger partial charge in [0.25, 0.3) is 5.91 Å². The number of halogens is 1. The van der Waals surface area contributed by atoms with Gasteiger partial charge in [0.05, 0.1) is 12.0 Å². The molecule has 0 spiro atoms. The highest BCUT2D eigenvalue weighted by atomic mass is 19.1. The molecule has 1 aromatic heterocycles. The van der Waals surface area contributed by atoms with Gasteiger partial charge in [-0.3, -0.25) is 9.59 Å². The van der Waals surface area contributed by atoms with Crippen LogP contribution < -0.4 is 15.5 Å². The molecule has 0 unspecified atom stereocenters. The SMILES string of the molecule is CCOc1ccc(-c2cc(=O)c3cc(NC(=O)c4cccc(F)c4)ccc3o2)cc1. The molecular weight excluding hydrogens is 385 g/mol. The van der Waals surface area contributed by atoms with E-state index in [2.05, 4.69) is 5.32 Å². The molecule has 3 aromatic carbocycles. The zero-order valence-corrected chi connectivity index (χ0v) is 16.1. The Hall–Kier alpha value is -3.93. The molecule has 0 fully saturated rings. The second-order valence-corrected chi connectivity index (χ2v) is 6.61. The van der Waals surface area contributed by atoms with Gasteiger partial charge in [0, 0.05) is 22.9 Å². The van der Waals surface area contributed by atoms with Crippen molar-refractivity contribution in [3.05, 3.63) is 94.4 Å². The number of amides is 1.